The standard InChI is InChI=1S/C20H24N2O5/c1-13(2)27-16-7-4-14(5-8-16)11-22-20(24)15-6-9-17(18(10-15)25-3)26-12-19(21)23/h4-10,13H,11-12H2,1-3H3,(H2,21,23)(H,22,24). The van der Waals surface area contributed by atoms with Crippen molar-refractivity contribution in [2.24, 2.45) is 5.73 Å². The molecule has 0 spiro atoms. The van der Waals surface area contributed by atoms with Gasteiger partial charge in [-0.3, -0.25) is 9.59 Å². The molecule has 2 aromatic rings. The zero-order chi connectivity index (χ0) is 19.8. The molecule has 0 bridgehead atoms. The van der Waals surface area contributed by atoms with Crippen molar-refractivity contribution in [3.05, 3.63) is 53.6 Å². The number of hydrogen-bond donors (Lipinski definition) is 2. The summed E-state index contributed by atoms with van der Waals surface area (Å²) in [5.74, 6) is 0.630. The Hall–Kier alpha value is -3.22. The van der Waals surface area contributed by atoms with Gasteiger partial charge in [-0.15, -0.1) is 0 Å². The topological polar surface area (TPSA) is 99.9 Å². The van der Waals surface area contributed by atoms with Gasteiger partial charge < -0.3 is 25.3 Å². The number of primary amides is 1. The fourth-order valence-electron chi connectivity index (χ4n) is 2.32. The Morgan fingerprint density at radius 1 is 1.07 bits per heavy atom. The predicted molar refractivity (Wildman–Crippen MR) is 101 cm³/mol. The van der Waals surface area contributed by atoms with Crippen LogP contribution in [0.1, 0.15) is 29.8 Å². The summed E-state index contributed by atoms with van der Waals surface area (Å²) < 4.78 is 16.0. The number of carbonyl (C=O) groups is 2. The number of rotatable bonds is 9. The maximum absolute atomic E-state index is 12.4. The van der Waals surface area contributed by atoms with Crippen molar-refractivity contribution in [2.45, 2.75) is 26.5 Å². The highest BCUT2D eigenvalue weighted by atomic mass is 16.5. The first-order chi connectivity index (χ1) is 12.9. The third-order valence-electron chi connectivity index (χ3n) is 3.54. The van der Waals surface area contributed by atoms with Crippen LogP contribution in [0, 0.1) is 0 Å². The molecule has 2 amide bonds. The molecule has 0 aromatic heterocycles. The third kappa shape index (κ3) is 6.22. The Labute approximate surface area is 158 Å². The lowest BCUT2D eigenvalue weighted by molar-refractivity contribution is -0.119. The molecular weight excluding hydrogens is 348 g/mol. The fraction of sp³-hybridized carbons (Fsp3) is 0.300. The minimum absolute atomic E-state index is 0.112. The van der Waals surface area contributed by atoms with Crippen molar-refractivity contribution in [1.29, 1.82) is 0 Å². The third-order valence-corrected chi connectivity index (χ3v) is 3.54. The van der Waals surface area contributed by atoms with Gasteiger partial charge in [0.25, 0.3) is 11.8 Å². The molecule has 2 rings (SSSR count). The van der Waals surface area contributed by atoms with E-state index in [1.807, 2.05) is 38.1 Å². The number of nitrogens with two attached hydrogens (primary N) is 1. The Bertz CT molecular complexity index is 787. The molecule has 144 valence electrons. The van der Waals surface area contributed by atoms with Crippen LogP contribution in [0.2, 0.25) is 0 Å². The van der Waals surface area contributed by atoms with Gasteiger partial charge in [0.15, 0.2) is 18.1 Å². The molecule has 0 atom stereocenters. The highest BCUT2D eigenvalue weighted by Gasteiger charge is 2.12. The van der Waals surface area contributed by atoms with E-state index in [0.29, 0.717) is 23.6 Å². The van der Waals surface area contributed by atoms with Crippen molar-refractivity contribution < 1.29 is 23.8 Å². The summed E-state index contributed by atoms with van der Waals surface area (Å²) in [5, 5.41) is 2.85. The SMILES string of the molecule is COc1cc(C(=O)NCc2ccc(OC(C)C)cc2)ccc1OCC(N)=O. The highest BCUT2D eigenvalue weighted by Crippen LogP contribution is 2.28. The first kappa shape index (κ1) is 20.1. The van der Waals surface area contributed by atoms with E-state index in [2.05, 4.69) is 5.32 Å². The summed E-state index contributed by atoms with van der Waals surface area (Å²) in [6.07, 6.45) is 0.112. The smallest absolute Gasteiger partial charge is 0.255 e. The summed E-state index contributed by atoms with van der Waals surface area (Å²) >= 11 is 0. The minimum Gasteiger partial charge on any atom is -0.493 e. The summed E-state index contributed by atoms with van der Waals surface area (Å²) in [7, 11) is 1.45. The number of hydrogen-bond acceptors (Lipinski definition) is 5. The van der Waals surface area contributed by atoms with Crippen LogP contribution < -0.4 is 25.3 Å². The molecule has 2 aromatic carbocycles. The molecule has 3 N–H and O–H groups in total. The molecule has 0 radical (unpaired) electrons. The number of methoxy groups -OCH3 is 1. The van der Waals surface area contributed by atoms with E-state index in [0.717, 1.165) is 11.3 Å². The van der Waals surface area contributed by atoms with Crippen molar-refractivity contribution >= 4 is 11.8 Å². The van der Waals surface area contributed by atoms with Gasteiger partial charge in [-0.25, -0.2) is 0 Å². The van der Waals surface area contributed by atoms with Gasteiger partial charge in [0.2, 0.25) is 0 Å². The molecule has 0 fully saturated rings. The van der Waals surface area contributed by atoms with Crippen molar-refractivity contribution in [3.8, 4) is 17.2 Å². The van der Waals surface area contributed by atoms with Crippen molar-refractivity contribution in [2.75, 3.05) is 13.7 Å². The van der Waals surface area contributed by atoms with Crippen LogP contribution in [0.5, 0.6) is 17.2 Å². The first-order valence-electron chi connectivity index (χ1n) is 8.52. The largest absolute Gasteiger partial charge is 0.493 e. The number of ether oxygens (including phenoxy) is 3. The lowest BCUT2D eigenvalue weighted by atomic mass is 10.1. The second-order valence-electron chi connectivity index (χ2n) is 6.11. The molecule has 27 heavy (non-hydrogen) atoms. The Morgan fingerprint density at radius 2 is 1.78 bits per heavy atom. The molecule has 0 unspecified atom stereocenters. The number of nitrogens with one attached hydrogen (secondary N) is 1. The summed E-state index contributed by atoms with van der Waals surface area (Å²) in [6.45, 7) is 4.04. The average Bonchev–Trinajstić information content (AvgIpc) is 2.64. The van der Waals surface area contributed by atoms with Gasteiger partial charge in [0.05, 0.1) is 13.2 Å². The summed E-state index contributed by atoms with van der Waals surface area (Å²) in [6, 6.07) is 12.2. The molecular formula is C20H24N2O5. The predicted octanol–water partition coefficient (Wildman–Crippen LogP) is 2.28. The van der Waals surface area contributed by atoms with E-state index in [9.17, 15) is 9.59 Å². The summed E-state index contributed by atoms with van der Waals surface area (Å²) in [5.41, 5.74) is 6.43. The van der Waals surface area contributed by atoms with E-state index in [1.54, 1.807) is 18.2 Å². The zero-order valence-corrected chi connectivity index (χ0v) is 15.7. The maximum Gasteiger partial charge on any atom is 0.255 e. The second-order valence-corrected chi connectivity index (χ2v) is 6.11. The van der Waals surface area contributed by atoms with E-state index >= 15 is 0 Å². The van der Waals surface area contributed by atoms with E-state index in [-0.39, 0.29) is 18.6 Å². The van der Waals surface area contributed by atoms with Gasteiger partial charge in [-0.1, -0.05) is 12.1 Å². The molecule has 0 heterocycles. The quantitative estimate of drug-likeness (QED) is 0.703. The Morgan fingerprint density at radius 3 is 2.37 bits per heavy atom. The minimum atomic E-state index is -0.594. The monoisotopic (exact) mass is 372 g/mol. The average molecular weight is 372 g/mol. The van der Waals surface area contributed by atoms with Gasteiger partial charge >= 0.3 is 0 Å². The van der Waals surface area contributed by atoms with Gasteiger partial charge in [0, 0.05) is 12.1 Å². The highest BCUT2D eigenvalue weighted by molar-refractivity contribution is 5.94. The van der Waals surface area contributed by atoms with E-state index in [1.165, 1.54) is 7.11 Å². The van der Waals surface area contributed by atoms with Crippen molar-refractivity contribution in [3.63, 3.8) is 0 Å². The molecule has 0 aliphatic rings. The number of carbonyl (C=O) groups excluding carboxylic acids is 2. The van der Waals surface area contributed by atoms with E-state index in [4.69, 9.17) is 19.9 Å². The lowest BCUT2D eigenvalue weighted by Crippen LogP contribution is -2.23. The molecule has 0 saturated carbocycles. The maximum atomic E-state index is 12.4. The van der Waals surface area contributed by atoms with Crippen LogP contribution in [0.15, 0.2) is 42.5 Å². The Balaban J connectivity index is 1.97. The number of amides is 2. The molecule has 0 aliphatic heterocycles. The van der Waals surface area contributed by atoms with Gasteiger partial charge in [-0.2, -0.15) is 0 Å². The Kier molecular flexibility index (Phi) is 7.05. The van der Waals surface area contributed by atoms with Crippen molar-refractivity contribution in [1.82, 2.24) is 5.32 Å². The van der Waals surface area contributed by atoms with Crippen LogP contribution in [0.3, 0.4) is 0 Å². The van der Waals surface area contributed by atoms with Crippen LogP contribution >= 0.6 is 0 Å². The zero-order valence-electron chi connectivity index (χ0n) is 15.7. The molecule has 7 nitrogen and oxygen atoms in total. The van der Waals surface area contributed by atoms with Crippen LogP contribution in [0.25, 0.3) is 0 Å². The lowest BCUT2D eigenvalue weighted by Gasteiger charge is -2.12. The van der Waals surface area contributed by atoms with Crippen LogP contribution in [0.4, 0.5) is 0 Å². The van der Waals surface area contributed by atoms with Crippen LogP contribution in [-0.4, -0.2) is 31.6 Å². The molecule has 7 heteroatoms. The van der Waals surface area contributed by atoms with Crippen LogP contribution in [-0.2, 0) is 11.3 Å². The normalized spacial score (nSPS) is 10.4. The number of benzene rings is 2. The molecule has 0 aliphatic carbocycles. The van der Waals surface area contributed by atoms with Gasteiger partial charge in [0.1, 0.15) is 5.75 Å². The molecule has 0 saturated heterocycles. The van der Waals surface area contributed by atoms with Gasteiger partial charge in [-0.05, 0) is 49.7 Å². The summed E-state index contributed by atoms with van der Waals surface area (Å²) in [4.78, 5) is 23.2. The first-order valence-corrected chi connectivity index (χ1v) is 8.52. The van der Waals surface area contributed by atoms with E-state index < -0.39 is 5.91 Å². The fourth-order valence-corrected chi connectivity index (χ4v) is 2.32. The second kappa shape index (κ2) is 9.47.